The zero-order valence-corrected chi connectivity index (χ0v) is 8.84. The van der Waals surface area contributed by atoms with Crippen LogP contribution in [0.15, 0.2) is 0 Å². The van der Waals surface area contributed by atoms with Crippen molar-refractivity contribution >= 4 is 0 Å². The first-order valence-corrected chi connectivity index (χ1v) is 5.55. The van der Waals surface area contributed by atoms with E-state index >= 15 is 0 Å². The molecule has 0 N–H and O–H groups in total. The monoisotopic (exact) mass is 167 g/mol. The van der Waals surface area contributed by atoms with Gasteiger partial charge in [0.05, 0.1) is 0 Å². The summed E-state index contributed by atoms with van der Waals surface area (Å²) in [5.74, 6) is 2.95. The van der Waals surface area contributed by atoms with Crippen molar-refractivity contribution in [3.63, 3.8) is 0 Å². The molecule has 0 heteroatoms. The first-order valence-electron chi connectivity index (χ1n) is 5.55. The molecule has 1 aliphatic rings. The lowest BCUT2D eigenvalue weighted by Gasteiger charge is -2.31. The molecule has 1 radical (unpaired) electrons. The van der Waals surface area contributed by atoms with Crippen molar-refractivity contribution in [2.75, 3.05) is 0 Å². The van der Waals surface area contributed by atoms with Gasteiger partial charge in [0.2, 0.25) is 0 Å². The highest BCUT2D eigenvalue weighted by molar-refractivity contribution is 4.78. The van der Waals surface area contributed by atoms with E-state index in [1.165, 1.54) is 32.1 Å². The van der Waals surface area contributed by atoms with Crippen LogP contribution < -0.4 is 0 Å². The Hall–Kier alpha value is 0. The Balaban J connectivity index is 2.21. The highest BCUT2D eigenvalue weighted by Crippen LogP contribution is 2.35. The van der Waals surface area contributed by atoms with E-state index in [1.807, 2.05) is 0 Å². The Bertz CT molecular complexity index is 115. The van der Waals surface area contributed by atoms with Crippen molar-refractivity contribution in [1.82, 2.24) is 0 Å². The quantitative estimate of drug-likeness (QED) is 0.594. The van der Waals surface area contributed by atoms with Gasteiger partial charge in [0, 0.05) is 0 Å². The summed E-state index contributed by atoms with van der Waals surface area (Å²) in [5, 5.41) is 0. The van der Waals surface area contributed by atoms with E-state index in [0.717, 1.165) is 17.8 Å². The maximum Gasteiger partial charge on any atom is -0.0386 e. The molecule has 1 fully saturated rings. The van der Waals surface area contributed by atoms with Gasteiger partial charge in [0.25, 0.3) is 0 Å². The summed E-state index contributed by atoms with van der Waals surface area (Å²) in [7, 11) is 0. The molecule has 0 aromatic heterocycles. The van der Waals surface area contributed by atoms with Gasteiger partial charge in [-0.1, -0.05) is 40.0 Å². The fraction of sp³-hybridized carbons (Fsp3) is 0.917. The van der Waals surface area contributed by atoms with Gasteiger partial charge in [0.1, 0.15) is 0 Å². The van der Waals surface area contributed by atoms with Gasteiger partial charge in [-0.05, 0) is 37.0 Å². The summed E-state index contributed by atoms with van der Waals surface area (Å²) in [6.07, 6.45) is 9.48. The van der Waals surface area contributed by atoms with E-state index in [0.29, 0.717) is 0 Å². The van der Waals surface area contributed by atoms with Crippen LogP contribution in [0, 0.1) is 24.2 Å². The minimum atomic E-state index is 0.967. The predicted octanol–water partition coefficient (Wildman–Crippen LogP) is 4.06. The van der Waals surface area contributed by atoms with Crippen molar-refractivity contribution in [3.05, 3.63) is 6.42 Å². The Morgan fingerprint density at radius 1 is 1.17 bits per heavy atom. The molecule has 0 spiro atoms. The van der Waals surface area contributed by atoms with Gasteiger partial charge in [0.15, 0.2) is 0 Å². The molecule has 3 unspecified atom stereocenters. The molecule has 0 bridgehead atoms. The molecule has 0 nitrogen and oxygen atoms in total. The van der Waals surface area contributed by atoms with E-state index < -0.39 is 0 Å². The van der Waals surface area contributed by atoms with Crippen LogP contribution in [0.25, 0.3) is 0 Å². The zero-order valence-electron chi connectivity index (χ0n) is 8.84. The van der Waals surface area contributed by atoms with Gasteiger partial charge in [-0.25, -0.2) is 0 Å². The molecule has 1 saturated carbocycles. The summed E-state index contributed by atoms with van der Waals surface area (Å²) in [6, 6.07) is 0. The van der Waals surface area contributed by atoms with Gasteiger partial charge < -0.3 is 0 Å². The second-order valence-electron chi connectivity index (χ2n) is 4.57. The second kappa shape index (κ2) is 4.89. The van der Waals surface area contributed by atoms with Crippen LogP contribution in [-0.4, -0.2) is 0 Å². The molecule has 12 heavy (non-hydrogen) atoms. The largest absolute Gasteiger partial charge is 0.0651 e. The fourth-order valence-electron chi connectivity index (χ4n) is 2.28. The molecular weight excluding hydrogens is 144 g/mol. The zero-order chi connectivity index (χ0) is 8.97. The molecule has 0 saturated heterocycles. The standard InChI is InChI=1S/C12H23/c1-4-5-6-12-8-7-10(2)11(3)9-12/h5,10-12H,4,6-9H2,1-3H3. The number of hydrogen-bond acceptors (Lipinski definition) is 0. The van der Waals surface area contributed by atoms with Crippen LogP contribution in [0.1, 0.15) is 52.9 Å². The third kappa shape index (κ3) is 2.80. The van der Waals surface area contributed by atoms with Crippen molar-refractivity contribution in [2.24, 2.45) is 17.8 Å². The molecule has 3 atom stereocenters. The van der Waals surface area contributed by atoms with Crippen molar-refractivity contribution in [1.29, 1.82) is 0 Å². The number of hydrogen-bond donors (Lipinski definition) is 0. The van der Waals surface area contributed by atoms with E-state index in [-0.39, 0.29) is 0 Å². The van der Waals surface area contributed by atoms with E-state index in [1.54, 1.807) is 0 Å². The SMILES string of the molecule is CC[CH]CC1CCC(C)C(C)C1. The molecule has 71 valence electrons. The topological polar surface area (TPSA) is 0 Å². The lowest BCUT2D eigenvalue weighted by atomic mass is 9.74. The Kier molecular flexibility index (Phi) is 4.11. The summed E-state index contributed by atoms with van der Waals surface area (Å²) >= 11 is 0. The van der Waals surface area contributed by atoms with Crippen LogP contribution in [0.3, 0.4) is 0 Å². The van der Waals surface area contributed by atoms with E-state index in [9.17, 15) is 0 Å². The predicted molar refractivity (Wildman–Crippen MR) is 54.9 cm³/mol. The molecule has 1 rings (SSSR count). The van der Waals surface area contributed by atoms with Gasteiger partial charge in [-0.3, -0.25) is 0 Å². The minimum Gasteiger partial charge on any atom is -0.0651 e. The van der Waals surface area contributed by atoms with Crippen molar-refractivity contribution in [3.8, 4) is 0 Å². The summed E-state index contributed by atoms with van der Waals surface area (Å²) < 4.78 is 0. The fourth-order valence-corrected chi connectivity index (χ4v) is 2.28. The van der Waals surface area contributed by atoms with Crippen LogP contribution >= 0.6 is 0 Å². The summed E-state index contributed by atoms with van der Waals surface area (Å²) in [4.78, 5) is 0. The molecule has 0 amide bonds. The second-order valence-corrected chi connectivity index (χ2v) is 4.57. The van der Waals surface area contributed by atoms with Crippen LogP contribution in [-0.2, 0) is 0 Å². The van der Waals surface area contributed by atoms with Gasteiger partial charge >= 0.3 is 0 Å². The number of unbranched alkanes of at least 4 members (excludes halogenated alkanes) is 1. The molecule has 0 aliphatic heterocycles. The summed E-state index contributed by atoms with van der Waals surface area (Å²) in [5.41, 5.74) is 0. The van der Waals surface area contributed by atoms with Crippen molar-refractivity contribution < 1.29 is 0 Å². The Morgan fingerprint density at radius 3 is 2.50 bits per heavy atom. The maximum atomic E-state index is 2.45. The lowest BCUT2D eigenvalue weighted by molar-refractivity contribution is 0.206. The lowest BCUT2D eigenvalue weighted by Crippen LogP contribution is -2.20. The van der Waals surface area contributed by atoms with Crippen LogP contribution in [0.5, 0.6) is 0 Å². The highest BCUT2D eigenvalue weighted by atomic mass is 14.3. The number of rotatable bonds is 3. The Labute approximate surface area is 77.7 Å². The highest BCUT2D eigenvalue weighted by Gasteiger charge is 2.23. The average Bonchev–Trinajstić information content (AvgIpc) is 2.07. The molecule has 0 heterocycles. The minimum absolute atomic E-state index is 0.967. The van der Waals surface area contributed by atoms with Gasteiger partial charge in [-0.2, -0.15) is 0 Å². The summed E-state index contributed by atoms with van der Waals surface area (Å²) in [6.45, 7) is 7.07. The maximum absolute atomic E-state index is 2.45. The van der Waals surface area contributed by atoms with Crippen molar-refractivity contribution in [2.45, 2.75) is 52.9 Å². The molecular formula is C12H23. The average molecular weight is 167 g/mol. The third-order valence-corrected chi connectivity index (χ3v) is 3.50. The Morgan fingerprint density at radius 2 is 1.92 bits per heavy atom. The smallest absolute Gasteiger partial charge is 0.0386 e. The molecule has 0 aromatic carbocycles. The van der Waals surface area contributed by atoms with E-state index in [2.05, 4.69) is 27.2 Å². The van der Waals surface area contributed by atoms with E-state index in [4.69, 9.17) is 0 Å². The van der Waals surface area contributed by atoms with Crippen LogP contribution in [0.2, 0.25) is 0 Å². The first kappa shape index (κ1) is 10.1. The molecule has 0 aromatic rings. The first-order chi connectivity index (χ1) is 5.74. The normalized spacial score (nSPS) is 36.8. The van der Waals surface area contributed by atoms with Crippen LogP contribution in [0.4, 0.5) is 0 Å². The van der Waals surface area contributed by atoms with Gasteiger partial charge in [-0.15, -0.1) is 0 Å². The third-order valence-electron chi connectivity index (χ3n) is 3.50. The molecule has 1 aliphatic carbocycles.